The Hall–Kier alpha value is -2.75. The summed E-state index contributed by atoms with van der Waals surface area (Å²) in [5.74, 6) is 0.502. The lowest BCUT2D eigenvalue weighted by Gasteiger charge is -2.01. The van der Waals surface area contributed by atoms with Crippen LogP contribution >= 0.6 is 0 Å². The number of H-pyrrole nitrogens is 1. The number of hydrogen-bond acceptors (Lipinski definition) is 3. The number of aromatic amines is 1. The fraction of sp³-hybridized carbons (Fsp3) is 0.0625. The van der Waals surface area contributed by atoms with Crippen molar-refractivity contribution in [2.75, 3.05) is 0 Å². The van der Waals surface area contributed by atoms with E-state index in [1.807, 2.05) is 37.3 Å². The summed E-state index contributed by atoms with van der Waals surface area (Å²) in [7, 11) is 0. The molecule has 0 aliphatic rings. The van der Waals surface area contributed by atoms with Crippen molar-refractivity contribution in [3.63, 3.8) is 0 Å². The highest BCUT2D eigenvalue weighted by Gasteiger charge is 2.11. The topological polar surface area (TPSA) is 69.1 Å². The van der Waals surface area contributed by atoms with Crippen molar-refractivity contribution >= 4 is 0 Å². The van der Waals surface area contributed by atoms with Crippen molar-refractivity contribution in [1.82, 2.24) is 9.97 Å². The molecular weight excluding hydrogens is 252 g/mol. The molecule has 1 heterocycles. The molecule has 0 bridgehead atoms. The number of rotatable bonds is 2. The Labute approximate surface area is 116 Å². The van der Waals surface area contributed by atoms with Crippen LogP contribution in [0.2, 0.25) is 0 Å². The van der Waals surface area contributed by atoms with Gasteiger partial charge in [0.15, 0.2) is 11.5 Å². The second-order valence-electron chi connectivity index (χ2n) is 4.63. The molecule has 3 N–H and O–H groups in total. The summed E-state index contributed by atoms with van der Waals surface area (Å²) in [6, 6.07) is 14.5. The zero-order chi connectivity index (χ0) is 14.1. The van der Waals surface area contributed by atoms with Crippen molar-refractivity contribution < 1.29 is 10.2 Å². The standard InChI is InChI=1S/C16H14N2O2/c1-10-15(12-7-8-13(19)14(20)9-12)18-16(17-10)11-5-3-2-4-6-11/h2-9,19-20H,1H3,(H,17,18). The van der Waals surface area contributed by atoms with Crippen molar-refractivity contribution in [2.24, 2.45) is 0 Å². The number of phenolic OH excluding ortho intramolecular Hbond substituents is 2. The molecule has 0 spiro atoms. The summed E-state index contributed by atoms with van der Waals surface area (Å²) in [6.45, 7) is 1.93. The van der Waals surface area contributed by atoms with Crippen molar-refractivity contribution in [2.45, 2.75) is 6.92 Å². The monoisotopic (exact) mass is 266 g/mol. The molecule has 100 valence electrons. The number of phenols is 2. The van der Waals surface area contributed by atoms with Crippen LogP contribution in [0.25, 0.3) is 22.6 Å². The number of aromatic nitrogens is 2. The summed E-state index contributed by atoms with van der Waals surface area (Å²) in [4.78, 5) is 7.81. The van der Waals surface area contributed by atoms with E-state index in [4.69, 9.17) is 0 Å². The van der Waals surface area contributed by atoms with E-state index in [0.29, 0.717) is 0 Å². The minimum absolute atomic E-state index is 0.134. The Morgan fingerprint density at radius 3 is 2.35 bits per heavy atom. The number of imidazole rings is 1. The highest BCUT2D eigenvalue weighted by molar-refractivity contribution is 5.69. The zero-order valence-corrected chi connectivity index (χ0v) is 11.0. The van der Waals surface area contributed by atoms with Crippen LogP contribution in [0.5, 0.6) is 11.5 Å². The van der Waals surface area contributed by atoms with E-state index >= 15 is 0 Å². The van der Waals surface area contributed by atoms with Crippen LogP contribution in [0, 0.1) is 6.92 Å². The number of hydrogen-bond donors (Lipinski definition) is 3. The lowest BCUT2D eigenvalue weighted by atomic mass is 10.1. The predicted octanol–water partition coefficient (Wildman–Crippen LogP) is 3.46. The first kappa shape index (κ1) is 12.3. The molecular formula is C16H14N2O2. The molecule has 0 saturated carbocycles. The number of nitrogens with one attached hydrogen (secondary N) is 1. The molecule has 0 saturated heterocycles. The lowest BCUT2D eigenvalue weighted by molar-refractivity contribution is 0.404. The maximum atomic E-state index is 9.59. The lowest BCUT2D eigenvalue weighted by Crippen LogP contribution is -1.81. The van der Waals surface area contributed by atoms with Gasteiger partial charge >= 0.3 is 0 Å². The quantitative estimate of drug-likeness (QED) is 0.622. The summed E-state index contributed by atoms with van der Waals surface area (Å²) < 4.78 is 0. The van der Waals surface area contributed by atoms with Gasteiger partial charge < -0.3 is 15.2 Å². The van der Waals surface area contributed by atoms with Crippen molar-refractivity contribution in [1.29, 1.82) is 0 Å². The number of benzene rings is 2. The van der Waals surface area contributed by atoms with Crippen LogP contribution in [0.1, 0.15) is 5.69 Å². The van der Waals surface area contributed by atoms with Gasteiger partial charge in [-0.15, -0.1) is 0 Å². The predicted molar refractivity (Wildman–Crippen MR) is 77.5 cm³/mol. The van der Waals surface area contributed by atoms with Gasteiger partial charge in [-0.25, -0.2) is 4.98 Å². The maximum absolute atomic E-state index is 9.59. The van der Waals surface area contributed by atoms with Crippen LogP contribution in [-0.2, 0) is 0 Å². The molecule has 4 heteroatoms. The Balaban J connectivity index is 2.07. The number of nitrogens with zero attached hydrogens (tertiary/aromatic N) is 1. The normalized spacial score (nSPS) is 10.7. The van der Waals surface area contributed by atoms with Gasteiger partial charge in [0.1, 0.15) is 5.82 Å². The first-order chi connectivity index (χ1) is 9.65. The van der Waals surface area contributed by atoms with Gasteiger partial charge in [0, 0.05) is 16.8 Å². The highest BCUT2D eigenvalue weighted by Crippen LogP contribution is 2.32. The van der Waals surface area contributed by atoms with E-state index in [1.54, 1.807) is 6.07 Å². The smallest absolute Gasteiger partial charge is 0.158 e. The van der Waals surface area contributed by atoms with E-state index in [9.17, 15) is 10.2 Å². The van der Waals surface area contributed by atoms with Crippen molar-refractivity contribution in [3.8, 4) is 34.1 Å². The molecule has 0 unspecified atom stereocenters. The third kappa shape index (κ3) is 2.12. The van der Waals surface area contributed by atoms with Gasteiger partial charge in [-0.1, -0.05) is 30.3 Å². The second-order valence-corrected chi connectivity index (χ2v) is 4.63. The molecule has 0 amide bonds. The SMILES string of the molecule is Cc1[nH]c(-c2ccccc2)nc1-c1ccc(O)c(O)c1. The van der Waals surface area contributed by atoms with Gasteiger partial charge in [-0.05, 0) is 25.1 Å². The number of aromatic hydroxyl groups is 2. The fourth-order valence-corrected chi connectivity index (χ4v) is 2.14. The Morgan fingerprint density at radius 2 is 1.65 bits per heavy atom. The molecule has 0 aliphatic heterocycles. The number of aryl methyl sites for hydroxylation is 1. The van der Waals surface area contributed by atoms with E-state index in [2.05, 4.69) is 9.97 Å². The maximum Gasteiger partial charge on any atom is 0.158 e. The first-order valence-electron chi connectivity index (χ1n) is 6.29. The molecule has 4 nitrogen and oxygen atoms in total. The van der Waals surface area contributed by atoms with E-state index in [-0.39, 0.29) is 11.5 Å². The summed E-state index contributed by atoms with van der Waals surface area (Å²) in [5, 5.41) is 19.0. The summed E-state index contributed by atoms with van der Waals surface area (Å²) in [5.41, 5.74) is 3.44. The van der Waals surface area contributed by atoms with Gasteiger partial charge in [0.25, 0.3) is 0 Å². The molecule has 0 fully saturated rings. The van der Waals surface area contributed by atoms with Crippen molar-refractivity contribution in [3.05, 3.63) is 54.2 Å². The minimum atomic E-state index is -0.147. The third-order valence-electron chi connectivity index (χ3n) is 3.18. The Bertz CT molecular complexity index is 748. The summed E-state index contributed by atoms with van der Waals surface area (Å²) >= 11 is 0. The molecule has 2 aromatic carbocycles. The van der Waals surface area contributed by atoms with Crippen LogP contribution in [0.4, 0.5) is 0 Å². The van der Waals surface area contributed by atoms with Crippen LogP contribution in [0.3, 0.4) is 0 Å². The van der Waals surface area contributed by atoms with Crippen LogP contribution in [-0.4, -0.2) is 20.2 Å². The zero-order valence-electron chi connectivity index (χ0n) is 11.0. The van der Waals surface area contributed by atoms with Crippen LogP contribution < -0.4 is 0 Å². The first-order valence-corrected chi connectivity index (χ1v) is 6.29. The fourth-order valence-electron chi connectivity index (χ4n) is 2.14. The van der Waals surface area contributed by atoms with E-state index < -0.39 is 0 Å². The Kier molecular flexibility index (Phi) is 2.91. The van der Waals surface area contributed by atoms with Crippen LogP contribution in [0.15, 0.2) is 48.5 Å². The highest BCUT2D eigenvalue weighted by atomic mass is 16.3. The third-order valence-corrected chi connectivity index (χ3v) is 3.18. The molecule has 0 atom stereocenters. The molecule has 20 heavy (non-hydrogen) atoms. The van der Waals surface area contributed by atoms with E-state index in [0.717, 1.165) is 28.3 Å². The molecule has 3 rings (SSSR count). The largest absolute Gasteiger partial charge is 0.504 e. The average molecular weight is 266 g/mol. The van der Waals surface area contributed by atoms with E-state index in [1.165, 1.54) is 12.1 Å². The van der Waals surface area contributed by atoms with Gasteiger partial charge in [0.2, 0.25) is 0 Å². The minimum Gasteiger partial charge on any atom is -0.504 e. The second kappa shape index (κ2) is 4.74. The van der Waals surface area contributed by atoms with Gasteiger partial charge in [0.05, 0.1) is 5.69 Å². The Morgan fingerprint density at radius 1 is 0.900 bits per heavy atom. The van der Waals surface area contributed by atoms with Gasteiger partial charge in [-0.3, -0.25) is 0 Å². The molecule has 1 aromatic heterocycles. The average Bonchev–Trinajstić information content (AvgIpc) is 2.85. The van der Waals surface area contributed by atoms with Gasteiger partial charge in [-0.2, -0.15) is 0 Å². The molecule has 0 aliphatic carbocycles. The summed E-state index contributed by atoms with van der Waals surface area (Å²) in [6.07, 6.45) is 0. The molecule has 3 aromatic rings. The molecule has 0 radical (unpaired) electrons.